The molecule has 0 aromatic heterocycles. The first-order valence-corrected chi connectivity index (χ1v) is 9.80. The fourth-order valence-electron chi connectivity index (χ4n) is 3.95. The smallest absolute Gasteiger partial charge is 0.451 e. The van der Waals surface area contributed by atoms with Gasteiger partial charge in [-0.1, -0.05) is 24.4 Å². The molecule has 0 spiro atoms. The highest BCUT2D eigenvalue weighted by molar-refractivity contribution is 6.40. The van der Waals surface area contributed by atoms with Gasteiger partial charge in [0.25, 0.3) is 0 Å². The van der Waals surface area contributed by atoms with Gasteiger partial charge in [-0.15, -0.1) is 0 Å². The summed E-state index contributed by atoms with van der Waals surface area (Å²) in [5, 5.41) is 28.0. The van der Waals surface area contributed by atoms with E-state index in [9.17, 15) is 14.7 Å². The molecule has 27 heavy (non-hydrogen) atoms. The van der Waals surface area contributed by atoms with Gasteiger partial charge in [0.1, 0.15) is 5.54 Å². The van der Waals surface area contributed by atoms with E-state index in [-0.39, 0.29) is 30.4 Å². The van der Waals surface area contributed by atoms with Crippen LogP contribution in [0.1, 0.15) is 55.3 Å². The molecule has 148 valence electrons. The number of halogens is 1. The zero-order valence-corrected chi connectivity index (χ0v) is 16.1. The molecule has 8 heteroatoms. The maximum absolute atomic E-state index is 12.6. The van der Waals surface area contributed by atoms with Crippen LogP contribution in [0.3, 0.4) is 0 Å². The minimum Gasteiger partial charge on any atom is -0.480 e. The third kappa shape index (κ3) is 5.78. The molecule has 1 aromatic carbocycles. The quantitative estimate of drug-likeness (QED) is 0.290. The first kappa shape index (κ1) is 21.9. The van der Waals surface area contributed by atoms with Gasteiger partial charge in [0.2, 0.25) is 0 Å². The Morgan fingerprint density at radius 2 is 1.70 bits per heavy atom. The van der Waals surface area contributed by atoms with Crippen molar-refractivity contribution in [1.29, 1.82) is 0 Å². The number of rotatable bonds is 9. The molecule has 0 saturated heterocycles. The van der Waals surface area contributed by atoms with Gasteiger partial charge in [-0.05, 0) is 68.6 Å². The number of nitrogens with two attached hydrogens (primary N) is 1. The van der Waals surface area contributed by atoms with Gasteiger partial charge < -0.3 is 20.9 Å². The predicted molar refractivity (Wildman–Crippen MR) is 105 cm³/mol. The Hall–Kier alpha value is -1.41. The summed E-state index contributed by atoms with van der Waals surface area (Å²) < 4.78 is 0. The minimum atomic E-state index is -1.38. The van der Waals surface area contributed by atoms with Crippen molar-refractivity contribution in [2.45, 2.75) is 56.8 Å². The Morgan fingerprint density at radius 3 is 2.22 bits per heavy atom. The van der Waals surface area contributed by atoms with Crippen molar-refractivity contribution < 1.29 is 24.7 Å². The van der Waals surface area contributed by atoms with E-state index in [2.05, 4.69) is 0 Å². The summed E-state index contributed by atoms with van der Waals surface area (Å²) >= 11 is 5.86. The van der Waals surface area contributed by atoms with Crippen LogP contribution < -0.4 is 5.73 Å². The maximum Gasteiger partial charge on any atom is 0.451 e. The molecular formula is C19H27BClNO5. The minimum absolute atomic E-state index is 0.0694. The standard InChI is InChI=1S/C19H27BClNO5/c21-16-9-5-14(6-10-16)17(23)13-3-7-15(8-4-13)19(22,18(24)25)11-1-2-12-20(26)27/h5-6,9-10,13,15,26-27H,1-4,7-8,11-12,22H2,(H,24,25)/t13-,15-,19-/m1/s1. The van der Waals surface area contributed by atoms with E-state index in [0.29, 0.717) is 49.1 Å². The molecule has 2 rings (SSSR count). The predicted octanol–water partition coefficient (Wildman–Crippen LogP) is 2.75. The van der Waals surface area contributed by atoms with E-state index in [1.165, 1.54) is 0 Å². The number of Topliss-reactive ketones (excluding diaryl/α,β-unsaturated/α-hetero) is 1. The second-order valence-electron chi connectivity index (χ2n) is 7.49. The van der Waals surface area contributed by atoms with Crippen LogP contribution in [0.2, 0.25) is 11.3 Å². The van der Waals surface area contributed by atoms with Crippen LogP contribution in [0.5, 0.6) is 0 Å². The Labute approximate surface area is 164 Å². The number of benzene rings is 1. The number of carboxylic acids is 1. The third-order valence-corrected chi connectivity index (χ3v) is 5.91. The lowest BCUT2D eigenvalue weighted by Crippen LogP contribution is -2.55. The van der Waals surface area contributed by atoms with E-state index < -0.39 is 18.6 Å². The molecule has 1 fully saturated rings. The number of aliphatic carboxylic acids is 1. The normalized spacial score (nSPS) is 22.1. The van der Waals surface area contributed by atoms with Crippen LogP contribution in [0, 0.1) is 11.8 Å². The Balaban J connectivity index is 1.93. The van der Waals surface area contributed by atoms with Gasteiger partial charge in [-0.3, -0.25) is 9.59 Å². The summed E-state index contributed by atoms with van der Waals surface area (Å²) in [5.41, 5.74) is 5.55. The molecule has 1 aliphatic carbocycles. The van der Waals surface area contributed by atoms with Gasteiger partial charge in [-0.25, -0.2) is 0 Å². The van der Waals surface area contributed by atoms with Crippen LogP contribution in [-0.4, -0.2) is 39.6 Å². The summed E-state index contributed by atoms with van der Waals surface area (Å²) in [5.74, 6) is -1.27. The second kappa shape index (κ2) is 9.69. The first-order chi connectivity index (χ1) is 12.7. The fraction of sp³-hybridized carbons (Fsp3) is 0.579. The molecule has 0 aliphatic heterocycles. The molecular weight excluding hydrogens is 368 g/mol. The van der Waals surface area contributed by atoms with Gasteiger partial charge >= 0.3 is 13.1 Å². The molecule has 0 bridgehead atoms. The highest BCUT2D eigenvalue weighted by atomic mass is 35.5. The van der Waals surface area contributed by atoms with Crippen LogP contribution >= 0.6 is 11.6 Å². The average molecular weight is 396 g/mol. The summed E-state index contributed by atoms with van der Waals surface area (Å²) in [6.45, 7) is 0. The van der Waals surface area contributed by atoms with Crippen molar-refractivity contribution in [2.24, 2.45) is 17.6 Å². The second-order valence-corrected chi connectivity index (χ2v) is 7.93. The molecule has 5 N–H and O–H groups in total. The average Bonchev–Trinajstić information content (AvgIpc) is 2.65. The largest absolute Gasteiger partial charge is 0.480 e. The van der Waals surface area contributed by atoms with Gasteiger partial charge in [-0.2, -0.15) is 0 Å². The van der Waals surface area contributed by atoms with Crippen molar-refractivity contribution >= 4 is 30.5 Å². The van der Waals surface area contributed by atoms with Crippen LogP contribution in [0.25, 0.3) is 0 Å². The number of hydrogen-bond acceptors (Lipinski definition) is 5. The lowest BCUT2D eigenvalue weighted by atomic mass is 9.68. The molecule has 0 unspecified atom stereocenters. The van der Waals surface area contributed by atoms with Gasteiger partial charge in [0.15, 0.2) is 5.78 Å². The number of unbranched alkanes of at least 4 members (excludes halogenated alkanes) is 1. The first-order valence-electron chi connectivity index (χ1n) is 9.42. The molecule has 1 saturated carbocycles. The number of carbonyl (C=O) groups is 2. The molecule has 1 aliphatic rings. The molecule has 1 aromatic rings. The van der Waals surface area contributed by atoms with Crippen molar-refractivity contribution in [3.63, 3.8) is 0 Å². The number of ketones is 1. The summed E-state index contributed by atoms with van der Waals surface area (Å²) in [6.07, 6.45) is 3.94. The summed E-state index contributed by atoms with van der Waals surface area (Å²) in [6, 6.07) is 6.83. The van der Waals surface area contributed by atoms with Gasteiger partial charge in [0.05, 0.1) is 0 Å². The monoisotopic (exact) mass is 395 g/mol. The van der Waals surface area contributed by atoms with E-state index in [0.717, 1.165) is 0 Å². The van der Waals surface area contributed by atoms with Crippen LogP contribution in [0.4, 0.5) is 0 Å². The van der Waals surface area contributed by atoms with Crippen molar-refractivity contribution in [1.82, 2.24) is 0 Å². The summed E-state index contributed by atoms with van der Waals surface area (Å²) in [4.78, 5) is 24.5. The zero-order chi connectivity index (χ0) is 20.0. The Bertz CT molecular complexity index is 646. The van der Waals surface area contributed by atoms with Crippen molar-refractivity contribution in [2.75, 3.05) is 0 Å². The van der Waals surface area contributed by atoms with E-state index in [1.807, 2.05) is 0 Å². The SMILES string of the molecule is N[C@@](CCCCB(O)O)(C(=O)O)[C@H]1CC[C@H](C(=O)c2ccc(Cl)cc2)CC1. The molecule has 0 amide bonds. The Morgan fingerprint density at radius 1 is 1.11 bits per heavy atom. The molecule has 0 radical (unpaired) electrons. The van der Waals surface area contributed by atoms with Crippen LogP contribution in [0.15, 0.2) is 24.3 Å². The molecule has 6 nitrogen and oxygen atoms in total. The van der Waals surface area contributed by atoms with Gasteiger partial charge in [0, 0.05) is 16.5 Å². The summed E-state index contributed by atoms with van der Waals surface area (Å²) in [7, 11) is -1.38. The Kier molecular flexibility index (Phi) is 7.85. The van der Waals surface area contributed by atoms with Crippen molar-refractivity contribution in [3.05, 3.63) is 34.9 Å². The number of hydrogen-bond donors (Lipinski definition) is 4. The maximum atomic E-state index is 12.6. The van der Waals surface area contributed by atoms with E-state index >= 15 is 0 Å². The third-order valence-electron chi connectivity index (χ3n) is 5.66. The number of carboxylic acid groups (broad SMARTS) is 1. The zero-order valence-electron chi connectivity index (χ0n) is 15.3. The van der Waals surface area contributed by atoms with Crippen LogP contribution in [-0.2, 0) is 4.79 Å². The van der Waals surface area contributed by atoms with Crippen molar-refractivity contribution in [3.8, 4) is 0 Å². The molecule has 0 heterocycles. The molecule has 1 atom stereocenters. The fourth-order valence-corrected chi connectivity index (χ4v) is 4.08. The topological polar surface area (TPSA) is 121 Å². The van der Waals surface area contributed by atoms with E-state index in [4.69, 9.17) is 27.4 Å². The lowest BCUT2D eigenvalue weighted by molar-refractivity contribution is -0.146. The lowest BCUT2D eigenvalue weighted by Gasteiger charge is -2.38. The highest BCUT2D eigenvalue weighted by Gasteiger charge is 2.44. The van der Waals surface area contributed by atoms with E-state index in [1.54, 1.807) is 24.3 Å². The number of carbonyl (C=O) groups excluding carboxylic acids is 1. The highest BCUT2D eigenvalue weighted by Crippen LogP contribution is 2.38.